The SMILES string of the molecule is [3H][C@@H](C(=O)NO)N1Cc2cc(C)ccc2C1=O. The number of hydrogen-bond donors (Lipinski definition) is 2. The van der Waals surface area contributed by atoms with Gasteiger partial charge < -0.3 is 4.90 Å². The van der Waals surface area contributed by atoms with Crippen molar-refractivity contribution in [2.75, 3.05) is 6.52 Å². The van der Waals surface area contributed by atoms with Crippen LogP contribution in [0.2, 0.25) is 0 Å². The highest BCUT2D eigenvalue weighted by molar-refractivity contribution is 6.00. The van der Waals surface area contributed by atoms with Crippen molar-refractivity contribution in [2.45, 2.75) is 13.5 Å². The molecule has 0 fully saturated rings. The first kappa shape index (κ1) is 9.35. The second-order valence-electron chi connectivity index (χ2n) is 3.70. The quantitative estimate of drug-likeness (QED) is 0.564. The first-order chi connectivity index (χ1) is 8.04. The number of rotatable bonds is 2. The predicted molar refractivity (Wildman–Crippen MR) is 55.8 cm³/mol. The van der Waals surface area contributed by atoms with Crippen molar-refractivity contribution in [1.29, 1.82) is 0 Å². The van der Waals surface area contributed by atoms with Crippen LogP contribution in [0.15, 0.2) is 18.2 Å². The molecule has 0 radical (unpaired) electrons. The van der Waals surface area contributed by atoms with Gasteiger partial charge in [0.25, 0.3) is 11.8 Å². The predicted octanol–water partition coefficient (Wildman–Crippen LogP) is 0.456. The van der Waals surface area contributed by atoms with Gasteiger partial charge in [-0.2, -0.15) is 0 Å². The minimum atomic E-state index is -1.43. The minimum Gasteiger partial charge on any atom is -0.325 e. The first-order valence-electron chi connectivity index (χ1n) is 5.39. The maximum Gasteiger partial charge on any atom is 0.262 e. The molecule has 1 aliphatic heterocycles. The number of benzene rings is 1. The van der Waals surface area contributed by atoms with E-state index in [1.807, 2.05) is 19.1 Å². The number of hydrogen-bond acceptors (Lipinski definition) is 3. The maximum atomic E-state index is 11.9. The van der Waals surface area contributed by atoms with Crippen LogP contribution in [0.5, 0.6) is 0 Å². The molecule has 0 unspecified atom stereocenters. The smallest absolute Gasteiger partial charge is 0.262 e. The third kappa shape index (κ3) is 1.77. The maximum absolute atomic E-state index is 11.9. The summed E-state index contributed by atoms with van der Waals surface area (Å²) in [5.74, 6) is -1.27. The molecule has 16 heavy (non-hydrogen) atoms. The largest absolute Gasteiger partial charge is 0.325 e. The summed E-state index contributed by atoms with van der Waals surface area (Å²) in [6.45, 7) is 0.698. The lowest BCUT2D eigenvalue weighted by Gasteiger charge is -2.13. The molecule has 0 spiro atoms. The molecule has 1 aromatic carbocycles. The highest BCUT2D eigenvalue weighted by Gasteiger charge is 2.28. The van der Waals surface area contributed by atoms with Gasteiger partial charge in [0.2, 0.25) is 0 Å². The molecule has 1 aromatic rings. The summed E-state index contributed by atoms with van der Waals surface area (Å²) < 4.78 is 7.57. The third-order valence-corrected chi connectivity index (χ3v) is 2.48. The van der Waals surface area contributed by atoms with E-state index in [0.29, 0.717) is 5.56 Å². The van der Waals surface area contributed by atoms with E-state index >= 15 is 0 Å². The Bertz CT molecular complexity index is 490. The Morgan fingerprint density at radius 1 is 1.69 bits per heavy atom. The van der Waals surface area contributed by atoms with Crippen molar-refractivity contribution < 1.29 is 16.2 Å². The average Bonchev–Trinajstić information content (AvgIpc) is 2.64. The molecular weight excluding hydrogens is 208 g/mol. The van der Waals surface area contributed by atoms with E-state index in [1.54, 1.807) is 6.07 Å². The Hall–Kier alpha value is -1.88. The van der Waals surface area contributed by atoms with E-state index in [2.05, 4.69) is 0 Å². The van der Waals surface area contributed by atoms with Gasteiger partial charge in [-0.05, 0) is 18.6 Å². The van der Waals surface area contributed by atoms with Crippen LogP contribution in [-0.2, 0) is 11.3 Å². The van der Waals surface area contributed by atoms with E-state index in [0.717, 1.165) is 16.0 Å². The van der Waals surface area contributed by atoms with Crippen molar-refractivity contribution in [2.24, 2.45) is 0 Å². The van der Waals surface area contributed by atoms with Crippen molar-refractivity contribution in [3.63, 3.8) is 0 Å². The Morgan fingerprint density at radius 2 is 2.44 bits per heavy atom. The topological polar surface area (TPSA) is 69.6 Å². The van der Waals surface area contributed by atoms with Crippen molar-refractivity contribution in [3.05, 3.63) is 34.9 Å². The van der Waals surface area contributed by atoms with Gasteiger partial charge in [0.1, 0.15) is 6.52 Å². The Morgan fingerprint density at radius 3 is 3.12 bits per heavy atom. The van der Waals surface area contributed by atoms with Crippen LogP contribution in [0, 0.1) is 6.92 Å². The van der Waals surface area contributed by atoms with Gasteiger partial charge >= 0.3 is 0 Å². The Kier molecular flexibility index (Phi) is 2.30. The second-order valence-corrected chi connectivity index (χ2v) is 3.70. The zero-order valence-corrected chi connectivity index (χ0v) is 8.73. The van der Waals surface area contributed by atoms with Gasteiger partial charge in [-0.3, -0.25) is 14.8 Å². The van der Waals surface area contributed by atoms with Crippen molar-refractivity contribution >= 4 is 11.8 Å². The zero-order valence-electron chi connectivity index (χ0n) is 9.73. The van der Waals surface area contributed by atoms with E-state index in [4.69, 9.17) is 6.58 Å². The summed E-state index contributed by atoms with van der Waals surface area (Å²) in [7, 11) is 0. The summed E-state index contributed by atoms with van der Waals surface area (Å²) in [5.41, 5.74) is 3.72. The molecule has 2 N–H and O–H groups in total. The molecule has 2 amide bonds. The summed E-state index contributed by atoms with van der Waals surface area (Å²) in [6, 6.07) is 5.36. The number of fused-ring (bicyclic) bond motifs is 1. The van der Waals surface area contributed by atoms with E-state index in [9.17, 15) is 9.59 Å². The first-order valence-corrected chi connectivity index (χ1v) is 4.81. The molecule has 5 nitrogen and oxygen atoms in total. The van der Waals surface area contributed by atoms with Crippen LogP contribution in [0.3, 0.4) is 0 Å². The van der Waals surface area contributed by atoms with E-state index in [1.165, 1.54) is 5.48 Å². The minimum absolute atomic E-state index is 0.220. The normalized spacial score (nSPS) is 16.8. The zero-order chi connectivity index (χ0) is 12.6. The lowest BCUT2D eigenvalue weighted by Crippen LogP contribution is -2.35. The van der Waals surface area contributed by atoms with Gasteiger partial charge in [0.15, 0.2) is 0 Å². The van der Waals surface area contributed by atoms with Crippen molar-refractivity contribution in [3.8, 4) is 0 Å². The summed E-state index contributed by atoms with van der Waals surface area (Å²) in [5, 5.41) is 8.46. The lowest BCUT2D eigenvalue weighted by atomic mass is 10.1. The number of carbonyl (C=O) groups is 2. The van der Waals surface area contributed by atoms with Gasteiger partial charge in [-0.1, -0.05) is 17.7 Å². The average molecular weight is 222 g/mol. The molecule has 1 heterocycles. The summed E-state index contributed by atoms with van der Waals surface area (Å²) in [4.78, 5) is 24.1. The fraction of sp³-hybridized carbons (Fsp3) is 0.273. The highest BCUT2D eigenvalue weighted by Crippen LogP contribution is 2.23. The van der Waals surface area contributed by atoms with Crippen LogP contribution in [0.25, 0.3) is 0 Å². The number of amides is 2. The van der Waals surface area contributed by atoms with Gasteiger partial charge in [-0.15, -0.1) is 0 Å². The fourth-order valence-electron chi connectivity index (χ4n) is 1.75. The van der Waals surface area contributed by atoms with Crippen LogP contribution in [0.4, 0.5) is 0 Å². The number of aryl methyl sites for hydroxylation is 1. The molecule has 0 bridgehead atoms. The fourth-order valence-corrected chi connectivity index (χ4v) is 1.75. The van der Waals surface area contributed by atoms with Crippen LogP contribution >= 0.6 is 0 Å². The number of carbonyl (C=O) groups excluding carboxylic acids is 2. The molecule has 0 saturated carbocycles. The molecule has 0 aromatic heterocycles. The number of nitrogens with zero attached hydrogens (tertiary/aromatic N) is 1. The standard InChI is InChI=1S/C11H12N2O3/c1-7-2-3-9-8(4-7)5-13(11(9)15)6-10(14)12-16/h2-4,16H,5-6H2,1H3,(H,12,14)/i6T/t6-/m0/s1. The van der Waals surface area contributed by atoms with Gasteiger partial charge in [0.05, 0.1) is 1.37 Å². The van der Waals surface area contributed by atoms with Gasteiger partial charge in [-0.25, -0.2) is 5.48 Å². The lowest BCUT2D eigenvalue weighted by molar-refractivity contribution is -0.129. The molecule has 1 aliphatic rings. The highest BCUT2D eigenvalue weighted by atomic mass is 16.5. The second kappa shape index (κ2) is 3.94. The molecular formula is C11H12N2O3. The molecule has 1 atom stereocenters. The van der Waals surface area contributed by atoms with Crippen LogP contribution in [0.1, 0.15) is 22.9 Å². The van der Waals surface area contributed by atoms with E-state index in [-0.39, 0.29) is 12.5 Å². The van der Waals surface area contributed by atoms with Gasteiger partial charge in [0, 0.05) is 12.1 Å². The van der Waals surface area contributed by atoms with Crippen LogP contribution < -0.4 is 5.48 Å². The molecule has 0 saturated heterocycles. The van der Waals surface area contributed by atoms with Crippen LogP contribution in [-0.4, -0.2) is 28.4 Å². The molecule has 5 heteroatoms. The summed E-state index contributed by atoms with van der Waals surface area (Å²) >= 11 is 0. The number of hydroxylamine groups is 1. The Balaban J connectivity index is 2.28. The number of nitrogens with one attached hydrogen (secondary N) is 1. The van der Waals surface area contributed by atoms with E-state index < -0.39 is 12.4 Å². The van der Waals surface area contributed by atoms with Crippen molar-refractivity contribution in [1.82, 2.24) is 10.4 Å². The monoisotopic (exact) mass is 222 g/mol. The molecule has 0 aliphatic carbocycles. The third-order valence-electron chi connectivity index (χ3n) is 2.48. The Labute approximate surface area is 94.0 Å². The molecule has 84 valence electrons. The molecule has 2 rings (SSSR count). The summed E-state index contributed by atoms with van der Waals surface area (Å²) in [6.07, 6.45) is 0.